The maximum absolute atomic E-state index is 14.6. The highest BCUT2D eigenvalue weighted by molar-refractivity contribution is 6.01. The summed E-state index contributed by atoms with van der Waals surface area (Å²) in [6, 6.07) is 21.4. The van der Waals surface area contributed by atoms with Crippen molar-refractivity contribution in [3.8, 4) is 17.2 Å². The van der Waals surface area contributed by atoms with Crippen molar-refractivity contribution >= 4 is 11.8 Å². The van der Waals surface area contributed by atoms with Crippen LogP contribution in [-0.4, -0.2) is 62.6 Å². The van der Waals surface area contributed by atoms with Crippen LogP contribution in [0.4, 0.5) is 0 Å². The maximum atomic E-state index is 14.6. The van der Waals surface area contributed by atoms with Crippen LogP contribution in [0.15, 0.2) is 66.7 Å². The lowest BCUT2D eigenvalue weighted by Gasteiger charge is -2.44. The van der Waals surface area contributed by atoms with Gasteiger partial charge in [-0.05, 0) is 66.5 Å². The van der Waals surface area contributed by atoms with E-state index < -0.39 is 12.0 Å². The molecule has 0 aliphatic carbocycles. The summed E-state index contributed by atoms with van der Waals surface area (Å²) in [6.45, 7) is 3.99. The van der Waals surface area contributed by atoms with Crippen molar-refractivity contribution in [2.75, 3.05) is 41.0 Å². The van der Waals surface area contributed by atoms with Crippen molar-refractivity contribution in [1.29, 1.82) is 0 Å². The number of fused-ring (bicyclic) bond motifs is 1. The van der Waals surface area contributed by atoms with Crippen molar-refractivity contribution in [2.45, 2.75) is 44.6 Å². The number of piperidine rings is 1. The second-order valence-corrected chi connectivity index (χ2v) is 10.9. The third kappa shape index (κ3) is 5.63. The molecule has 0 aromatic heterocycles. The van der Waals surface area contributed by atoms with Crippen molar-refractivity contribution in [3.05, 3.63) is 89.0 Å². The van der Waals surface area contributed by atoms with Crippen LogP contribution >= 0.6 is 0 Å². The molecule has 5 rings (SSSR count). The molecule has 3 aromatic rings. The smallest absolute Gasteiger partial charge is 0.254 e. The molecule has 1 saturated heterocycles. The van der Waals surface area contributed by atoms with Gasteiger partial charge in [0.05, 0.1) is 33.3 Å². The van der Waals surface area contributed by atoms with E-state index in [0.717, 1.165) is 36.8 Å². The number of carbonyl (C=O) groups is 2. The molecule has 2 heterocycles. The Morgan fingerprint density at radius 1 is 0.878 bits per heavy atom. The standard InChI is InChI=1S/C34H40N2O5/c1-5-17-36-31(25-21-28(39-2)32(41-4)29(22-25)40-3)30(26-13-9-10-14-27(26)33(36)37)34(38)35-18-15-24(16-19-35)20-23-11-7-6-8-12-23/h6-14,21-22,24,30-31H,5,15-20H2,1-4H3/t30-,31-/m1/s1. The van der Waals surface area contributed by atoms with Crippen LogP contribution < -0.4 is 14.2 Å². The van der Waals surface area contributed by atoms with Crippen LogP contribution in [0.1, 0.15) is 65.2 Å². The van der Waals surface area contributed by atoms with E-state index in [1.54, 1.807) is 21.3 Å². The molecule has 3 aromatic carbocycles. The van der Waals surface area contributed by atoms with E-state index in [0.29, 0.717) is 48.4 Å². The lowest BCUT2D eigenvalue weighted by Crippen LogP contribution is -2.50. The predicted octanol–water partition coefficient (Wildman–Crippen LogP) is 5.88. The number of benzene rings is 3. The highest BCUT2D eigenvalue weighted by Crippen LogP contribution is 2.48. The zero-order valence-corrected chi connectivity index (χ0v) is 24.5. The number of hydrogen-bond acceptors (Lipinski definition) is 5. The molecule has 7 heteroatoms. The minimum atomic E-state index is -0.552. The van der Waals surface area contributed by atoms with Crippen LogP contribution in [-0.2, 0) is 11.2 Å². The molecule has 0 unspecified atom stereocenters. The molecule has 1 fully saturated rings. The summed E-state index contributed by atoms with van der Waals surface area (Å²) < 4.78 is 16.9. The molecule has 2 atom stereocenters. The van der Waals surface area contributed by atoms with Crippen molar-refractivity contribution in [2.24, 2.45) is 5.92 Å². The average Bonchev–Trinajstić information content (AvgIpc) is 3.02. The molecule has 0 bridgehead atoms. The number of likely N-dealkylation sites (tertiary alicyclic amines) is 1. The fourth-order valence-corrected chi connectivity index (χ4v) is 6.49. The number of amides is 2. The molecule has 2 amide bonds. The highest BCUT2D eigenvalue weighted by atomic mass is 16.5. The van der Waals surface area contributed by atoms with Crippen LogP contribution in [0.25, 0.3) is 0 Å². The fourth-order valence-electron chi connectivity index (χ4n) is 6.49. The summed E-state index contributed by atoms with van der Waals surface area (Å²) in [5, 5.41) is 0. The van der Waals surface area contributed by atoms with Crippen molar-refractivity contribution in [1.82, 2.24) is 9.80 Å². The molecule has 0 N–H and O–H groups in total. The number of rotatable bonds is 9. The van der Waals surface area contributed by atoms with Gasteiger partial charge in [-0.1, -0.05) is 55.5 Å². The molecule has 216 valence electrons. The molecular weight excluding hydrogens is 516 g/mol. The first kappa shape index (κ1) is 28.5. The summed E-state index contributed by atoms with van der Waals surface area (Å²) in [5.74, 6) is 1.46. The van der Waals surface area contributed by atoms with Crippen LogP contribution in [0.3, 0.4) is 0 Å². The molecular formula is C34H40N2O5. The van der Waals surface area contributed by atoms with Gasteiger partial charge >= 0.3 is 0 Å². The minimum Gasteiger partial charge on any atom is -0.493 e. The van der Waals surface area contributed by atoms with Gasteiger partial charge in [0.2, 0.25) is 11.7 Å². The first-order valence-corrected chi connectivity index (χ1v) is 14.5. The number of carbonyl (C=O) groups excluding carboxylic acids is 2. The second-order valence-electron chi connectivity index (χ2n) is 10.9. The first-order chi connectivity index (χ1) is 20.0. The van der Waals surface area contributed by atoms with Crippen LogP contribution in [0.5, 0.6) is 17.2 Å². The summed E-state index contributed by atoms with van der Waals surface area (Å²) >= 11 is 0. The minimum absolute atomic E-state index is 0.0583. The Hall–Kier alpha value is -4.00. The molecule has 2 aliphatic rings. The molecule has 2 aliphatic heterocycles. The molecule has 0 radical (unpaired) electrons. The quantitative estimate of drug-likeness (QED) is 0.329. The van der Waals surface area contributed by atoms with Gasteiger partial charge in [-0.25, -0.2) is 0 Å². The number of methoxy groups -OCH3 is 3. The number of nitrogens with zero attached hydrogens (tertiary/aromatic N) is 2. The van der Waals surface area contributed by atoms with E-state index >= 15 is 0 Å². The Morgan fingerprint density at radius 2 is 1.51 bits per heavy atom. The normalized spacial score (nSPS) is 19.1. The SMILES string of the molecule is CCCN1C(=O)c2ccccc2[C@@H](C(=O)N2CCC(Cc3ccccc3)CC2)[C@H]1c1cc(OC)c(OC)c(OC)c1. The van der Waals surface area contributed by atoms with Crippen molar-refractivity contribution < 1.29 is 23.8 Å². The topological polar surface area (TPSA) is 68.3 Å². The maximum Gasteiger partial charge on any atom is 0.254 e. The molecule has 7 nitrogen and oxygen atoms in total. The lowest BCUT2D eigenvalue weighted by molar-refractivity contribution is -0.136. The zero-order valence-electron chi connectivity index (χ0n) is 24.5. The second kappa shape index (κ2) is 12.7. The Labute approximate surface area is 243 Å². The largest absolute Gasteiger partial charge is 0.493 e. The van der Waals surface area contributed by atoms with Crippen molar-refractivity contribution in [3.63, 3.8) is 0 Å². The van der Waals surface area contributed by atoms with Gasteiger partial charge in [-0.15, -0.1) is 0 Å². The van der Waals surface area contributed by atoms with E-state index in [1.165, 1.54) is 5.56 Å². The Bertz CT molecular complexity index is 1340. The lowest BCUT2D eigenvalue weighted by atomic mass is 9.78. The summed E-state index contributed by atoms with van der Waals surface area (Å²) in [5.41, 5.74) is 3.50. The Balaban J connectivity index is 1.52. The van der Waals surface area contributed by atoms with Gasteiger partial charge in [0, 0.05) is 25.2 Å². The van der Waals surface area contributed by atoms with Gasteiger partial charge in [0.15, 0.2) is 11.5 Å². The molecule has 0 saturated carbocycles. The third-order valence-electron chi connectivity index (χ3n) is 8.49. The molecule has 0 spiro atoms. The van der Waals surface area contributed by atoms with Crippen LogP contribution in [0, 0.1) is 5.92 Å². The monoisotopic (exact) mass is 556 g/mol. The predicted molar refractivity (Wildman–Crippen MR) is 159 cm³/mol. The third-order valence-corrected chi connectivity index (χ3v) is 8.49. The highest BCUT2D eigenvalue weighted by Gasteiger charge is 2.46. The van der Waals surface area contributed by atoms with E-state index in [9.17, 15) is 9.59 Å². The Morgan fingerprint density at radius 3 is 2.12 bits per heavy atom. The number of ether oxygens (including phenoxy) is 3. The summed E-state index contributed by atoms with van der Waals surface area (Å²) in [6.07, 6.45) is 3.71. The first-order valence-electron chi connectivity index (χ1n) is 14.5. The molecule has 41 heavy (non-hydrogen) atoms. The van der Waals surface area contributed by atoms with Gasteiger partial charge < -0.3 is 24.0 Å². The average molecular weight is 557 g/mol. The fraction of sp³-hybridized carbons (Fsp3) is 0.412. The van der Waals surface area contributed by atoms with Gasteiger partial charge in [-0.3, -0.25) is 9.59 Å². The van der Waals surface area contributed by atoms with E-state index in [4.69, 9.17) is 14.2 Å². The van der Waals surface area contributed by atoms with Gasteiger partial charge in [-0.2, -0.15) is 0 Å². The summed E-state index contributed by atoms with van der Waals surface area (Å²) in [7, 11) is 4.72. The van der Waals surface area contributed by atoms with Crippen LogP contribution in [0.2, 0.25) is 0 Å². The number of hydrogen-bond donors (Lipinski definition) is 0. The summed E-state index contributed by atoms with van der Waals surface area (Å²) in [4.78, 5) is 32.3. The van der Waals surface area contributed by atoms with E-state index in [2.05, 4.69) is 24.3 Å². The van der Waals surface area contributed by atoms with E-state index in [1.807, 2.05) is 59.2 Å². The zero-order chi connectivity index (χ0) is 28.9. The van der Waals surface area contributed by atoms with Gasteiger partial charge in [0.25, 0.3) is 5.91 Å². The van der Waals surface area contributed by atoms with E-state index in [-0.39, 0.29) is 11.8 Å². The Kier molecular flexibility index (Phi) is 8.81. The van der Waals surface area contributed by atoms with Gasteiger partial charge in [0.1, 0.15) is 0 Å².